The molecule has 452 valence electrons. The summed E-state index contributed by atoms with van der Waals surface area (Å²) < 4.78 is 3.44. The molecule has 0 bridgehead atoms. The molecule has 12 nitrogen and oxygen atoms in total. The zero-order valence-corrected chi connectivity index (χ0v) is 54.9. The van der Waals surface area contributed by atoms with Crippen molar-refractivity contribution in [1.29, 1.82) is 0 Å². The van der Waals surface area contributed by atoms with Gasteiger partial charge in [-0.15, -0.1) is 0 Å². The average Bonchev–Trinajstić information content (AvgIpc) is 3.37. The summed E-state index contributed by atoms with van der Waals surface area (Å²) in [5.41, 5.74) is 0. The van der Waals surface area contributed by atoms with Gasteiger partial charge in [-0.25, -0.2) is 0 Å². The maximum Gasteiger partial charge on any atom is 0.102 e. The quantitative estimate of drug-likeness (QED) is 0.273. The molecule has 0 atom stereocenters. The second-order valence-corrected chi connectivity index (χ2v) is 20.2. The number of hydrogen-bond donors (Lipinski definition) is 1. The van der Waals surface area contributed by atoms with E-state index in [-0.39, 0.29) is 14.9 Å². The molecule has 6 aliphatic rings. The first kappa shape index (κ1) is 94.0. The summed E-state index contributed by atoms with van der Waals surface area (Å²) in [5, 5.41) is 8.82. The van der Waals surface area contributed by atoms with Crippen molar-refractivity contribution < 1.29 is 18.6 Å². The van der Waals surface area contributed by atoms with Gasteiger partial charge < -0.3 is 43.1 Å². The first-order valence-corrected chi connectivity index (χ1v) is 29.7. The van der Waals surface area contributed by atoms with E-state index in [2.05, 4.69) is 159 Å². The highest BCUT2D eigenvalue weighted by molar-refractivity contribution is 4.66. The Balaban J connectivity index is -0.0000000750. The predicted molar refractivity (Wildman–Crippen MR) is 339 cm³/mol. The second kappa shape index (κ2) is 68.5. The molecule has 0 aromatic heterocycles. The van der Waals surface area contributed by atoms with Crippen LogP contribution in [-0.2, 0) is 0 Å². The molecule has 6 aliphatic heterocycles. The number of likely N-dealkylation sites (tertiary alicyclic amines) is 1. The number of aliphatic hydroxyl groups excluding tert-OH is 1. The maximum absolute atomic E-state index is 8.82. The van der Waals surface area contributed by atoms with Crippen molar-refractivity contribution in [2.75, 3.05) is 249 Å². The lowest BCUT2D eigenvalue weighted by atomic mass is 10.1. The third kappa shape index (κ3) is 71.6. The van der Waals surface area contributed by atoms with Gasteiger partial charge in [-0.1, -0.05) is 145 Å². The van der Waals surface area contributed by atoms with E-state index in [0.29, 0.717) is 6.61 Å². The van der Waals surface area contributed by atoms with E-state index in [1.807, 2.05) is 83.1 Å². The molecule has 1 N–H and O–H groups in total. The number of likely N-dealkylation sites (N-methyl/N-ethyl adjacent to an activating group) is 10. The van der Waals surface area contributed by atoms with Gasteiger partial charge in [0.05, 0.1) is 81.1 Å². The second-order valence-electron chi connectivity index (χ2n) is 20.2. The van der Waals surface area contributed by atoms with Crippen molar-refractivity contribution in [3.05, 3.63) is 0 Å². The Kier molecular flexibility index (Phi) is 89.5. The van der Waals surface area contributed by atoms with E-state index < -0.39 is 0 Å². The van der Waals surface area contributed by atoms with E-state index in [9.17, 15) is 0 Å². The molecule has 0 aliphatic carbocycles. The van der Waals surface area contributed by atoms with Crippen molar-refractivity contribution in [3.63, 3.8) is 0 Å². The van der Waals surface area contributed by atoms with Gasteiger partial charge in [0.15, 0.2) is 0 Å². The van der Waals surface area contributed by atoms with Gasteiger partial charge in [-0.2, -0.15) is 0 Å². The molecule has 12 heteroatoms. The molecule has 6 heterocycles. The minimum absolute atomic E-state index is 0. The van der Waals surface area contributed by atoms with Crippen molar-refractivity contribution in [2.24, 2.45) is 0 Å². The van der Waals surface area contributed by atoms with Crippen LogP contribution in [0.3, 0.4) is 0 Å². The molecule has 0 radical (unpaired) electrons. The average molecular weight is 1050 g/mol. The zero-order chi connectivity index (χ0) is 56.6. The number of nitrogens with zero attached hydrogens (tertiary/aromatic N) is 11. The van der Waals surface area contributed by atoms with Crippen molar-refractivity contribution in [2.45, 2.75) is 158 Å². The Labute approximate surface area is 462 Å². The molecule has 6 fully saturated rings. The number of hydrogen-bond acceptors (Lipinski definition) is 9. The normalized spacial score (nSPS) is 20.2. The fourth-order valence-electron chi connectivity index (χ4n) is 6.59. The molecule has 0 saturated carbocycles. The predicted octanol–water partition coefficient (Wildman–Crippen LogP) is 10.5. The number of quaternary nitrogens is 3. The van der Waals surface area contributed by atoms with Crippen molar-refractivity contribution in [3.8, 4) is 0 Å². The van der Waals surface area contributed by atoms with Crippen molar-refractivity contribution in [1.82, 2.24) is 39.2 Å². The summed E-state index contributed by atoms with van der Waals surface area (Å²) in [4.78, 5) is 19.0. The lowest BCUT2D eigenvalue weighted by Crippen LogP contribution is -2.57. The van der Waals surface area contributed by atoms with Crippen LogP contribution in [-0.4, -0.2) is 307 Å². The monoisotopic (exact) mass is 1050 g/mol. The van der Waals surface area contributed by atoms with Gasteiger partial charge in [-0.3, -0.25) is 14.7 Å². The van der Waals surface area contributed by atoms with Gasteiger partial charge in [0.2, 0.25) is 0 Å². The molecule has 72 heavy (non-hydrogen) atoms. The summed E-state index contributed by atoms with van der Waals surface area (Å²) >= 11 is 0. The summed E-state index contributed by atoms with van der Waals surface area (Å²) in [6, 6.07) is 0. The van der Waals surface area contributed by atoms with Gasteiger partial charge in [0.25, 0.3) is 0 Å². The smallest absolute Gasteiger partial charge is 0.102 e. The fourth-order valence-corrected chi connectivity index (χ4v) is 6.59. The number of aliphatic hydroxyl groups is 1. The Hall–Kier alpha value is -0.480. The van der Waals surface area contributed by atoms with E-state index >= 15 is 0 Å². The first-order chi connectivity index (χ1) is 33.2. The molecular formula is C60H154N11O+3. The Morgan fingerprint density at radius 1 is 0.292 bits per heavy atom. The van der Waals surface area contributed by atoms with Gasteiger partial charge in [0, 0.05) is 91.6 Å². The van der Waals surface area contributed by atoms with E-state index in [0.717, 1.165) is 24.1 Å². The Morgan fingerprint density at radius 3 is 0.611 bits per heavy atom. The molecule has 0 aromatic rings. The number of piperazine rings is 5. The van der Waals surface area contributed by atoms with Crippen LogP contribution in [0.4, 0.5) is 0 Å². The van der Waals surface area contributed by atoms with Crippen LogP contribution < -0.4 is 0 Å². The van der Waals surface area contributed by atoms with Crippen LogP contribution in [0, 0.1) is 0 Å². The lowest BCUT2D eigenvalue weighted by Gasteiger charge is -2.40. The van der Waals surface area contributed by atoms with Crippen LogP contribution in [0.5, 0.6) is 0 Å². The molecule has 0 aromatic carbocycles. The van der Waals surface area contributed by atoms with Crippen LogP contribution in [0.15, 0.2) is 0 Å². The molecule has 6 saturated heterocycles. The molecule has 6 rings (SSSR count). The first-order valence-electron chi connectivity index (χ1n) is 29.7. The highest BCUT2D eigenvalue weighted by atomic mass is 16.3. The zero-order valence-electron chi connectivity index (χ0n) is 54.9. The lowest BCUT2D eigenvalue weighted by molar-refractivity contribution is -0.913. The topological polar surface area (TPSA) is 46.2 Å². The van der Waals surface area contributed by atoms with Gasteiger partial charge >= 0.3 is 0 Å². The summed E-state index contributed by atoms with van der Waals surface area (Å²) in [5.74, 6) is 0. The van der Waals surface area contributed by atoms with Gasteiger partial charge in [-0.05, 0) is 82.3 Å². The minimum Gasteiger partial charge on any atom is -0.391 e. The molecular weight excluding hydrogens is 891 g/mol. The van der Waals surface area contributed by atoms with Crippen LogP contribution in [0.1, 0.15) is 158 Å². The van der Waals surface area contributed by atoms with Crippen LogP contribution in [0.2, 0.25) is 0 Å². The number of rotatable bonds is 2. The third-order valence-electron chi connectivity index (χ3n) is 12.1. The van der Waals surface area contributed by atoms with E-state index in [4.69, 9.17) is 5.11 Å². The standard InChI is InChI=1S/C8H19N2O.2C7H17N2.2C6H14N2.C6H13N.2C3H8.6C2H6.2CH4/c1-9-3-5-10(2,6-4-9)7-8-11;2*1-8-4-6-9(2,3)7-5-8;2*1-7-3-5-8(2)6-4-7;1-7-5-3-2-4-6-7;2*1-3-2;6*1-2;;/h11H,3-8H2,1-2H3;2*4-7H2,1-3H3;2*3-6H2,1-2H3;2-6H2,1H3;2*3H2,1-2H3;6*1-2H3;2*1H4/q3*+1;;;;;;;;;;;;;. The van der Waals surface area contributed by atoms with Crippen molar-refractivity contribution >= 4 is 0 Å². The minimum atomic E-state index is 0. The largest absolute Gasteiger partial charge is 0.391 e. The SMILES string of the molecule is C.C.CC.CC.CC.CC.CC.CC.CCC.CCC.CN1CCCCC1.CN1CCN(C)CC1.CN1CCN(C)CC1.CN1CC[N+](C)(C)CC1.CN1CC[N+](C)(C)CC1.CN1CC[N+](C)(CCO)CC1. The Morgan fingerprint density at radius 2 is 0.458 bits per heavy atom. The summed E-state index contributed by atoms with van der Waals surface area (Å²) in [7, 11) is 28.9. The summed E-state index contributed by atoms with van der Waals surface area (Å²) in [6.45, 7) is 61.1. The molecule has 0 amide bonds. The third-order valence-corrected chi connectivity index (χ3v) is 12.1. The van der Waals surface area contributed by atoms with Crippen LogP contribution in [0.25, 0.3) is 0 Å². The molecule has 0 unspecified atom stereocenters. The Bertz CT molecular complexity index is 797. The van der Waals surface area contributed by atoms with E-state index in [1.165, 1.54) is 172 Å². The fraction of sp³-hybridized carbons (Fsp3) is 1.00. The van der Waals surface area contributed by atoms with Gasteiger partial charge in [0.1, 0.15) is 6.54 Å². The van der Waals surface area contributed by atoms with E-state index in [1.54, 1.807) is 0 Å². The number of piperidine rings is 1. The molecule has 0 spiro atoms. The summed E-state index contributed by atoms with van der Waals surface area (Å²) in [6.07, 6.45) is 6.78. The highest BCUT2D eigenvalue weighted by Gasteiger charge is 2.26. The highest BCUT2D eigenvalue weighted by Crippen LogP contribution is 2.08. The van der Waals surface area contributed by atoms with Crippen LogP contribution >= 0.6 is 0 Å². The maximum atomic E-state index is 8.82.